The summed E-state index contributed by atoms with van der Waals surface area (Å²) < 4.78 is 10.9. The lowest BCUT2D eigenvalue weighted by Gasteiger charge is -2.28. The topological polar surface area (TPSA) is 73.3 Å². The fourth-order valence-electron chi connectivity index (χ4n) is 2.30. The molecular weight excluding hydrogens is 246 g/mol. The van der Waals surface area contributed by atoms with Crippen LogP contribution in [-0.2, 0) is 4.79 Å². The molecule has 1 heterocycles. The van der Waals surface area contributed by atoms with Gasteiger partial charge in [0.2, 0.25) is 5.91 Å². The molecule has 2 rings (SSSR count). The van der Waals surface area contributed by atoms with Crippen LogP contribution in [0.5, 0.6) is 11.8 Å². The van der Waals surface area contributed by atoms with Crippen LogP contribution in [0.25, 0.3) is 0 Å². The molecule has 1 fully saturated rings. The summed E-state index contributed by atoms with van der Waals surface area (Å²) in [5, 5.41) is 2.94. The van der Waals surface area contributed by atoms with Crippen LogP contribution in [0, 0.1) is 0 Å². The first-order valence-corrected chi connectivity index (χ1v) is 6.47. The van der Waals surface area contributed by atoms with Crippen molar-refractivity contribution >= 4 is 5.91 Å². The molecule has 0 bridgehead atoms. The molecule has 1 aliphatic carbocycles. The summed E-state index contributed by atoms with van der Waals surface area (Å²) in [6.45, 7) is 1.55. The Bertz CT molecular complexity index is 431. The maximum Gasteiger partial charge on any atom is 0.278 e. The largest absolute Gasteiger partial charge is 0.477 e. The minimum Gasteiger partial charge on any atom is -0.477 e. The van der Waals surface area contributed by atoms with Crippen LogP contribution in [0.2, 0.25) is 0 Å². The molecule has 104 valence electrons. The highest BCUT2D eigenvalue weighted by Crippen LogP contribution is 2.26. The second kappa shape index (κ2) is 6.36. The van der Waals surface area contributed by atoms with Gasteiger partial charge < -0.3 is 14.8 Å². The second-order valence-corrected chi connectivity index (χ2v) is 4.66. The summed E-state index contributed by atoms with van der Waals surface area (Å²) in [5.74, 6) is 0.874. The normalized spacial score (nSPS) is 22.6. The van der Waals surface area contributed by atoms with Crippen LogP contribution in [0.15, 0.2) is 12.4 Å². The molecule has 1 aromatic heterocycles. The van der Waals surface area contributed by atoms with Gasteiger partial charge in [0.25, 0.3) is 11.8 Å². The third-order valence-corrected chi connectivity index (χ3v) is 3.19. The van der Waals surface area contributed by atoms with E-state index in [1.165, 1.54) is 0 Å². The number of carbonyl (C=O) groups excluding carboxylic acids is 1. The van der Waals surface area contributed by atoms with E-state index in [-0.39, 0.29) is 18.1 Å². The Hall–Kier alpha value is -1.85. The van der Waals surface area contributed by atoms with Crippen LogP contribution in [0.3, 0.4) is 0 Å². The number of nitrogens with one attached hydrogen (secondary N) is 1. The van der Waals surface area contributed by atoms with Crippen molar-refractivity contribution in [2.75, 3.05) is 7.11 Å². The first kappa shape index (κ1) is 13.6. The Balaban J connectivity index is 1.87. The molecule has 0 radical (unpaired) electrons. The minimum atomic E-state index is 0.0277. The number of nitrogens with zero attached hydrogens (tertiary/aromatic N) is 2. The number of hydrogen-bond acceptors (Lipinski definition) is 5. The van der Waals surface area contributed by atoms with E-state index in [2.05, 4.69) is 15.3 Å². The molecule has 0 aliphatic heterocycles. The van der Waals surface area contributed by atoms with Crippen molar-refractivity contribution < 1.29 is 14.3 Å². The highest BCUT2D eigenvalue weighted by molar-refractivity contribution is 5.73. The fraction of sp³-hybridized carbons (Fsp3) is 0.615. The van der Waals surface area contributed by atoms with Crippen molar-refractivity contribution in [2.24, 2.45) is 0 Å². The number of ether oxygens (including phenoxy) is 2. The van der Waals surface area contributed by atoms with Crippen molar-refractivity contribution in [3.8, 4) is 11.8 Å². The van der Waals surface area contributed by atoms with E-state index < -0.39 is 0 Å². The van der Waals surface area contributed by atoms with E-state index in [1.807, 2.05) is 0 Å². The SMILES string of the molecule is COc1nccnc1OC1CCC(NC(C)=O)CC1. The number of rotatable bonds is 4. The maximum absolute atomic E-state index is 11.0. The zero-order valence-corrected chi connectivity index (χ0v) is 11.3. The number of hydrogen-bond donors (Lipinski definition) is 1. The van der Waals surface area contributed by atoms with Gasteiger partial charge >= 0.3 is 0 Å². The second-order valence-electron chi connectivity index (χ2n) is 4.66. The Kier molecular flexibility index (Phi) is 4.54. The van der Waals surface area contributed by atoms with Gasteiger partial charge in [-0.15, -0.1) is 0 Å². The summed E-state index contributed by atoms with van der Waals surface area (Å²) in [5.41, 5.74) is 0. The van der Waals surface area contributed by atoms with Crippen LogP contribution in [-0.4, -0.2) is 35.1 Å². The van der Waals surface area contributed by atoms with Gasteiger partial charge in [0.05, 0.1) is 7.11 Å². The Morgan fingerprint density at radius 1 is 1.21 bits per heavy atom. The molecule has 1 aromatic rings. The summed E-state index contributed by atoms with van der Waals surface area (Å²) in [7, 11) is 1.55. The third-order valence-electron chi connectivity index (χ3n) is 3.19. The monoisotopic (exact) mass is 265 g/mol. The quantitative estimate of drug-likeness (QED) is 0.888. The molecule has 1 N–H and O–H groups in total. The molecule has 0 saturated heterocycles. The molecule has 0 unspecified atom stereocenters. The average Bonchev–Trinajstić information content (AvgIpc) is 2.41. The van der Waals surface area contributed by atoms with Gasteiger partial charge in [-0.25, -0.2) is 9.97 Å². The lowest BCUT2D eigenvalue weighted by molar-refractivity contribution is -0.120. The molecular formula is C13H19N3O3. The summed E-state index contributed by atoms with van der Waals surface area (Å²) in [4.78, 5) is 19.2. The van der Waals surface area contributed by atoms with Crippen molar-refractivity contribution in [3.05, 3.63) is 12.4 Å². The fourth-order valence-corrected chi connectivity index (χ4v) is 2.30. The molecule has 0 atom stereocenters. The predicted molar refractivity (Wildman–Crippen MR) is 69.1 cm³/mol. The van der Waals surface area contributed by atoms with Gasteiger partial charge in [0.15, 0.2) is 0 Å². The van der Waals surface area contributed by atoms with Gasteiger partial charge in [0.1, 0.15) is 6.10 Å². The standard InChI is InChI=1S/C13H19N3O3/c1-9(17)16-10-3-5-11(6-4-10)19-13-12(18-2)14-7-8-15-13/h7-8,10-11H,3-6H2,1-2H3,(H,16,17). The van der Waals surface area contributed by atoms with E-state index in [0.29, 0.717) is 11.8 Å². The van der Waals surface area contributed by atoms with E-state index in [0.717, 1.165) is 25.7 Å². The van der Waals surface area contributed by atoms with Crippen molar-refractivity contribution in [3.63, 3.8) is 0 Å². The van der Waals surface area contributed by atoms with E-state index in [9.17, 15) is 4.79 Å². The molecule has 1 saturated carbocycles. The first-order chi connectivity index (χ1) is 9.19. The lowest BCUT2D eigenvalue weighted by Crippen LogP contribution is -2.38. The van der Waals surface area contributed by atoms with Gasteiger partial charge in [-0.3, -0.25) is 4.79 Å². The minimum absolute atomic E-state index is 0.0277. The van der Waals surface area contributed by atoms with Crippen LogP contribution >= 0.6 is 0 Å². The highest BCUT2D eigenvalue weighted by Gasteiger charge is 2.24. The van der Waals surface area contributed by atoms with Gasteiger partial charge in [-0.1, -0.05) is 0 Å². The smallest absolute Gasteiger partial charge is 0.278 e. The summed E-state index contributed by atoms with van der Waals surface area (Å²) >= 11 is 0. The average molecular weight is 265 g/mol. The van der Waals surface area contributed by atoms with Gasteiger partial charge in [-0.05, 0) is 25.7 Å². The van der Waals surface area contributed by atoms with E-state index >= 15 is 0 Å². The van der Waals surface area contributed by atoms with Crippen LogP contribution in [0.4, 0.5) is 0 Å². The summed E-state index contributed by atoms with van der Waals surface area (Å²) in [6.07, 6.45) is 6.89. The Labute approximate surface area is 112 Å². The van der Waals surface area contributed by atoms with E-state index in [1.54, 1.807) is 26.4 Å². The van der Waals surface area contributed by atoms with Crippen molar-refractivity contribution in [1.29, 1.82) is 0 Å². The molecule has 6 nitrogen and oxygen atoms in total. The van der Waals surface area contributed by atoms with Crippen molar-refractivity contribution in [1.82, 2.24) is 15.3 Å². The molecule has 19 heavy (non-hydrogen) atoms. The number of amides is 1. The van der Waals surface area contributed by atoms with Gasteiger partial charge in [0, 0.05) is 25.4 Å². The highest BCUT2D eigenvalue weighted by atomic mass is 16.5. The zero-order chi connectivity index (χ0) is 13.7. The van der Waals surface area contributed by atoms with Gasteiger partial charge in [-0.2, -0.15) is 0 Å². The number of methoxy groups -OCH3 is 1. The Morgan fingerprint density at radius 2 is 1.84 bits per heavy atom. The molecule has 0 aromatic carbocycles. The Morgan fingerprint density at radius 3 is 2.42 bits per heavy atom. The van der Waals surface area contributed by atoms with Crippen molar-refractivity contribution in [2.45, 2.75) is 44.8 Å². The molecule has 1 aliphatic rings. The van der Waals surface area contributed by atoms with Crippen LogP contribution in [0.1, 0.15) is 32.6 Å². The first-order valence-electron chi connectivity index (χ1n) is 6.47. The predicted octanol–water partition coefficient (Wildman–Crippen LogP) is 1.31. The maximum atomic E-state index is 11.0. The van der Waals surface area contributed by atoms with Crippen LogP contribution < -0.4 is 14.8 Å². The molecule has 1 amide bonds. The number of carbonyl (C=O) groups is 1. The number of aromatic nitrogens is 2. The zero-order valence-electron chi connectivity index (χ0n) is 11.3. The summed E-state index contributed by atoms with van der Waals surface area (Å²) in [6, 6.07) is 0.265. The third kappa shape index (κ3) is 3.81. The molecule has 6 heteroatoms. The van der Waals surface area contributed by atoms with E-state index in [4.69, 9.17) is 9.47 Å². The molecule has 0 spiro atoms. The lowest BCUT2D eigenvalue weighted by atomic mass is 9.93.